The van der Waals surface area contributed by atoms with Gasteiger partial charge in [0.2, 0.25) is 0 Å². The summed E-state index contributed by atoms with van der Waals surface area (Å²) in [5, 5.41) is 3.75. The second-order valence-corrected chi connectivity index (χ2v) is 7.37. The molecule has 1 fully saturated rings. The smallest absolute Gasteiger partial charge is 0.335 e. The average molecular weight is 379 g/mol. The molecule has 0 bridgehead atoms. The van der Waals surface area contributed by atoms with Gasteiger partial charge < -0.3 is 5.32 Å². The van der Waals surface area contributed by atoms with Gasteiger partial charge in [-0.3, -0.25) is 4.99 Å². The highest BCUT2D eigenvalue weighted by molar-refractivity contribution is 9.10. The van der Waals surface area contributed by atoms with Crippen molar-refractivity contribution in [2.45, 2.75) is 37.4 Å². The minimum absolute atomic E-state index is 0.0197. The molecule has 114 valence electrons. The summed E-state index contributed by atoms with van der Waals surface area (Å²) in [6.45, 7) is 0. The van der Waals surface area contributed by atoms with Crippen molar-refractivity contribution in [3.63, 3.8) is 0 Å². The van der Waals surface area contributed by atoms with Crippen LogP contribution in [0.2, 0.25) is 0 Å². The highest BCUT2D eigenvalue weighted by Crippen LogP contribution is 2.41. The van der Waals surface area contributed by atoms with Crippen LogP contribution in [-0.2, 0) is 6.18 Å². The van der Waals surface area contributed by atoms with E-state index in [2.05, 4.69) is 21.2 Å². The number of aliphatic imine (C=N–C) groups is 1. The Kier molecular flexibility index (Phi) is 3.98. The first kappa shape index (κ1) is 15.2. The Bertz CT molecular complexity index is 580. The molecule has 0 aromatic heterocycles. The molecule has 1 aliphatic carbocycles. The maximum atomic E-state index is 12.8. The molecule has 0 saturated heterocycles. The average Bonchev–Trinajstić information content (AvgIpc) is 2.99. The third-order valence-electron chi connectivity index (χ3n) is 3.83. The number of nitrogens with zero attached hydrogens (tertiary/aromatic N) is 1. The van der Waals surface area contributed by atoms with E-state index in [9.17, 15) is 13.2 Å². The minimum atomic E-state index is -4.35. The fraction of sp³-hybridized carbons (Fsp3) is 0.500. The summed E-state index contributed by atoms with van der Waals surface area (Å²) in [7, 11) is 0. The van der Waals surface area contributed by atoms with Gasteiger partial charge in [-0.1, -0.05) is 40.5 Å². The summed E-state index contributed by atoms with van der Waals surface area (Å²) in [5.74, 6) is 0.926. The number of alkyl halides is 3. The van der Waals surface area contributed by atoms with Gasteiger partial charge in [0.1, 0.15) is 0 Å². The second kappa shape index (κ2) is 5.50. The largest absolute Gasteiger partial charge is 0.416 e. The van der Waals surface area contributed by atoms with Crippen LogP contribution < -0.4 is 5.32 Å². The van der Waals surface area contributed by atoms with Crippen molar-refractivity contribution in [3.8, 4) is 0 Å². The summed E-state index contributed by atoms with van der Waals surface area (Å²) in [6, 6.07) is 3.83. The van der Waals surface area contributed by atoms with E-state index in [1.54, 1.807) is 17.8 Å². The second-order valence-electron chi connectivity index (χ2n) is 5.49. The van der Waals surface area contributed by atoms with Crippen LogP contribution in [0, 0.1) is 0 Å². The summed E-state index contributed by atoms with van der Waals surface area (Å²) < 4.78 is 38.9. The van der Waals surface area contributed by atoms with Crippen molar-refractivity contribution < 1.29 is 13.2 Å². The van der Waals surface area contributed by atoms with Crippen LogP contribution in [-0.4, -0.2) is 16.5 Å². The van der Waals surface area contributed by atoms with Gasteiger partial charge in [0, 0.05) is 15.9 Å². The first-order valence-corrected chi connectivity index (χ1v) is 8.52. The van der Waals surface area contributed by atoms with Gasteiger partial charge in [0.25, 0.3) is 0 Å². The Morgan fingerprint density at radius 3 is 2.57 bits per heavy atom. The highest BCUT2D eigenvalue weighted by Gasteiger charge is 2.38. The number of amidine groups is 1. The maximum Gasteiger partial charge on any atom is 0.416 e. The normalized spacial score (nSPS) is 20.9. The number of halogens is 4. The fourth-order valence-electron chi connectivity index (χ4n) is 2.78. The summed E-state index contributed by atoms with van der Waals surface area (Å²) in [6.07, 6.45) is 0.186. The van der Waals surface area contributed by atoms with Gasteiger partial charge >= 0.3 is 6.18 Å². The van der Waals surface area contributed by atoms with E-state index in [0.717, 1.165) is 35.9 Å². The van der Waals surface area contributed by atoms with Crippen molar-refractivity contribution in [1.82, 2.24) is 0 Å². The van der Waals surface area contributed by atoms with Crippen LogP contribution in [0.5, 0.6) is 0 Å². The van der Waals surface area contributed by atoms with Crippen LogP contribution in [0.25, 0.3) is 0 Å². The standard InChI is InChI=1S/C14H14BrF3N2S/c15-10-5-9(14(16,17)18)6-11(7-10)19-12-20-13(8-21-12)3-1-2-4-13/h5-7H,1-4,8H2,(H,19,20). The summed E-state index contributed by atoms with van der Waals surface area (Å²) >= 11 is 4.72. The Balaban J connectivity index is 1.81. The molecule has 1 aromatic rings. The van der Waals surface area contributed by atoms with Crippen LogP contribution >= 0.6 is 27.7 Å². The lowest BCUT2D eigenvalue weighted by Crippen LogP contribution is -2.21. The van der Waals surface area contributed by atoms with E-state index in [1.807, 2.05) is 0 Å². The van der Waals surface area contributed by atoms with Crippen molar-refractivity contribution in [1.29, 1.82) is 0 Å². The van der Waals surface area contributed by atoms with E-state index in [1.165, 1.54) is 12.8 Å². The van der Waals surface area contributed by atoms with E-state index < -0.39 is 11.7 Å². The quantitative estimate of drug-likeness (QED) is 0.717. The zero-order valence-electron chi connectivity index (χ0n) is 11.1. The molecule has 0 unspecified atom stereocenters. The number of anilines is 1. The van der Waals surface area contributed by atoms with Crippen LogP contribution in [0.3, 0.4) is 0 Å². The lowest BCUT2D eigenvalue weighted by atomic mass is 10.0. The molecular formula is C14H14BrF3N2S. The first-order valence-electron chi connectivity index (χ1n) is 6.74. The molecule has 21 heavy (non-hydrogen) atoms. The molecule has 1 aromatic carbocycles. The predicted molar refractivity (Wildman–Crippen MR) is 83.9 cm³/mol. The molecule has 0 amide bonds. The molecule has 2 nitrogen and oxygen atoms in total. The van der Waals surface area contributed by atoms with E-state index in [-0.39, 0.29) is 5.54 Å². The number of benzene rings is 1. The number of rotatable bonds is 1. The Morgan fingerprint density at radius 2 is 1.90 bits per heavy atom. The number of nitrogens with one attached hydrogen (secondary N) is 1. The third-order valence-corrected chi connectivity index (χ3v) is 5.43. The third kappa shape index (κ3) is 3.39. The van der Waals surface area contributed by atoms with Gasteiger partial charge in [0.05, 0.1) is 11.1 Å². The Labute approximate surface area is 133 Å². The molecule has 1 N–H and O–H groups in total. The first-order chi connectivity index (χ1) is 9.86. The van der Waals surface area contributed by atoms with E-state index >= 15 is 0 Å². The SMILES string of the molecule is FC(F)(F)c1cc(Br)cc(NC2=NC3(CCCC3)CS2)c1. The molecule has 1 saturated carbocycles. The lowest BCUT2D eigenvalue weighted by Gasteiger charge is -2.16. The molecule has 0 atom stereocenters. The molecule has 7 heteroatoms. The maximum absolute atomic E-state index is 12.8. The molecular weight excluding hydrogens is 365 g/mol. The van der Waals surface area contributed by atoms with E-state index in [4.69, 9.17) is 4.99 Å². The van der Waals surface area contributed by atoms with Crippen LogP contribution in [0.15, 0.2) is 27.7 Å². The minimum Gasteiger partial charge on any atom is -0.335 e. The number of thioether (sulfide) groups is 1. The molecule has 0 radical (unpaired) electrons. The van der Waals surface area contributed by atoms with Crippen molar-refractivity contribution in [2.24, 2.45) is 4.99 Å². The van der Waals surface area contributed by atoms with E-state index in [0.29, 0.717) is 10.2 Å². The zero-order valence-corrected chi connectivity index (χ0v) is 13.5. The number of hydrogen-bond acceptors (Lipinski definition) is 3. The molecule has 1 aliphatic heterocycles. The zero-order chi connectivity index (χ0) is 15.1. The topological polar surface area (TPSA) is 24.4 Å². The monoisotopic (exact) mass is 378 g/mol. The van der Waals surface area contributed by atoms with Crippen LogP contribution in [0.4, 0.5) is 18.9 Å². The summed E-state index contributed by atoms with van der Waals surface area (Å²) in [4.78, 5) is 4.71. The van der Waals surface area contributed by atoms with Crippen molar-refractivity contribution >= 4 is 38.5 Å². The fourth-order valence-corrected chi connectivity index (χ4v) is 4.48. The van der Waals surface area contributed by atoms with Gasteiger partial charge in [0.15, 0.2) is 5.17 Å². The molecule has 3 rings (SSSR count). The lowest BCUT2D eigenvalue weighted by molar-refractivity contribution is -0.137. The molecule has 1 spiro atoms. The van der Waals surface area contributed by atoms with Crippen molar-refractivity contribution in [2.75, 3.05) is 11.1 Å². The highest BCUT2D eigenvalue weighted by atomic mass is 79.9. The van der Waals surface area contributed by atoms with Gasteiger partial charge in [-0.2, -0.15) is 13.2 Å². The summed E-state index contributed by atoms with van der Waals surface area (Å²) in [5.41, 5.74) is -0.233. The van der Waals surface area contributed by atoms with Gasteiger partial charge in [-0.15, -0.1) is 0 Å². The molecule has 2 aliphatic rings. The van der Waals surface area contributed by atoms with Crippen LogP contribution in [0.1, 0.15) is 31.2 Å². The predicted octanol–water partition coefficient (Wildman–Crippen LogP) is 5.30. The Morgan fingerprint density at radius 1 is 1.19 bits per heavy atom. The molecule has 1 heterocycles. The van der Waals surface area contributed by atoms with Crippen molar-refractivity contribution in [3.05, 3.63) is 28.2 Å². The van der Waals surface area contributed by atoms with Gasteiger partial charge in [-0.25, -0.2) is 0 Å². The van der Waals surface area contributed by atoms with Gasteiger partial charge in [-0.05, 0) is 31.0 Å². The number of hydrogen-bond donors (Lipinski definition) is 1. The Hall–Kier alpha value is -0.690.